The molecular formula is C28H24N4O5S. The number of hydrogen-bond donors (Lipinski definition) is 1. The number of carbonyl (C=O) groups excluding carboxylic acids is 1. The van der Waals surface area contributed by atoms with Crippen LogP contribution >= 0.6 is 11.3 Å². The number of non-ortho nitro benzene ring substituents is 1. The van der Waals surface area contributed by atoms with Crippen LogP contribution in [-0.2, 0) is 24.2 Å². The molecule has 0 unspecified atom stereocenters. The molecule has 10 heteroatoms. The number of nitro groups is 1. The van der Waals surface area contributed by atoms with Crippen molar-refractivity contribution in [3.63, 3.8) is 0 Å². The zero-order valence-corrected chi connectivity index (χ0v) is 21.5. The minimum Gasteiger partial charge on any atom is -0.490 e. The smallest absolute Gasteiger partial charge is 0.269 e. The number of nitro benzene ring substituents is 1. The van der Waals surface area contributed by atoms with E-state index in [2.05, 4.69) is 11.4 Å². The number of benzene rings is 2. The molecule has 2 aromatic carbocycles. The van der Waals surface area contributed by atoms with Crippen molar-refractivity contribution in [2.45, 2.75) is 39.2 Å². The Hall–Kier alpha value is -4.67. The summed E-state index contributed by atoms with van der Waals surface area (Å²) >= 11 is 1.40. The van der Waals surface area contributed by atoms with Gasteiger partial charge >= 0.3 is 0 Å². The average Bonchev–Trinajstić information content (AvgIpc) is 3.28. The van der Waals surface area contributed by atoms with Crippen LogP contribution in [-0.4, -0.2) is 17.4 Å². The van der Waals surface area contributed by atoms with Gasteiger partial charge in [0.25, 0.3) is 11.6 Å². The lowest BCUT2D eigenvalue weighted by Crippen LogP contribution is -2.13. The van der Waals surface area contributed by atoms with Gasteiger partial charge in [0.15, 0.2) is 11.5 Å². The van der Waals surface area contributed by atoms with Gasteiger partial charge in [-0.3, -0.25) is 14.9 Å². The number of aryl methyl sites for hydroxylation is 1. The highest BCUT2D eigenvalue weighted by Crippen LogP contribution is 2.38. The predicted molar refractivity (Wildman–Crippen MR) is 143 cm³/mol. The molecule has 9 nitrogen and oxygen atoms in total. The van der Waals surface area contributed by atoms with E-state index < -0.39 is 10.8 Å². The Morgan fingerprint density at radius 2 is 1.89 bits per heavy atom. The second-order valence-electron chi connectivity index (χ2n) is 8.50. The molecular weight excluding hydrogens is 504 g/mol. The van der Waals surface area contributed by atoms with Crippen LogP contribution in [0.25, 0.3) is 6.08 Å². The summed E-state index contributed by atoms with van der Waals surface area (Å²) in [6.07, 6.45) is 5.25. The maximum atomic E-state index is 12.9. The summed E-state index contributed by atoms with van der Waals surface area (Å²) in [6.45, 7) is 2.36. The maximum absolute atomic E-state index is 12.9. The Kier molecular flexibility index (Phi) is 8.37. The van der Waals surface area contributed by atoms with Crippen LogP contribution in [0.15, 0.2) is 48.0 Å². The first-order valence-corrected chi connectivity index (χ1v) is 12.9. The maximum Gasteiger partial charge on any atom is 0.269 e. The van der Waals surface area contributed by atoms with Gasteiger partial charge in [-0.05, 0) is 79.6 Å². The van der Waals surface area contributed by atoms with E-state index in [-0.39, 0.29) is 17.9 Å². The fourth-order valence-corrected chi connectivity index (χ4v) is 5.37. The lowest BCUT2D eigenvalue weighted by Gasteiger charge is -2.13. The summed E-state index contributed by atoms with van der Waals surface area (Å²) in [6, 6.07) is 15.3. The molecule has 4 rings (SSSR count). The Morgan fingerprint density at radius 3 is 2.58 bits per heavy atom. The summed E-state index contributed by atoms with van der Waals surface area (Å²) in [4.78, 5) is 24.4. The van der Waals surface area contributed by atoms with Crippen LogP contribution < -0.4 is 14.8 Å². The van der Waals surface area contributed by atoms with Gasteiger partial charge in [0.2, 0.25) is 0 Å². The summed E-state index contributed by atoms with van der Waals surface area (Å²) in [5.41, 5.74) is 2.70. The zero-order valence-electron chi connectivity index (χ0n) is 20.7. The van der Waals surface area contributed by atoms with E-state index in [1.54, 1.807) is 30.3 Å². The second kappa shape index (κ2) is 12.0. The Morgan fingerprint density at radius 1 is 1.13 bits per heavy atom. The molecule has 0 aliphatic heterocycles. The van der Waals surface area contributed by atoms with Crippen molar-refractivity contribution < 1.29 is 19.2 Å². The fraction of sp³-hybridized carbons (Fsp3) is 0.250. The summed E-state index contributed by atoms with van der Waals surface area (Å²) in [5.74, 6) is 0.297. The molecule has 192 valence electrons. The van der Waals surface area contributed by atoms with Gasteiger partial charge in [0, 0.05) is 17.0 Å². The van der Waals surface area contributed by atoms with E-state index >= 15 is 0 Å². The number of ether oxygens (including phenoxy) is 2. The van der Waals surface area contributed by atoms with Crippen LogP contribution in [0, 0.1) is 32.8 Å². The molecule has 1 aliphatic rings. The molecule has 0 saturated carbocycles. The number of hydrogen-bond acceptors (Lipinski definition) is 8. The standard InChI is InChI=1S/C28H24N4O5S/c1-2-36-25-14-19(9-12-24(25)37-17-18-7-10-21(11-8-18)32(34)35)13-20(15-29)27(33)31-28-23(16-30)22-5-3-4-6-26(22)38-28/h7-14H,2-6,17H2,1H3,(H,31,33). The molecule has 0 fully saturated rings. The highest BCUT2D eigenvalue weighted by Gasteiger charge is 2.23. The van der Waals surface area contributed by atoms with Gasteiger partial charge < -0.3 is 14.8 Å². The van der Waals surface area contributed by atoms with Crippen LogP contribution in [0.3, 0.4) is 0 Å². The van der Waals surface area contributed by atoms with Gasteiger partial charge in [0.05, 0.1) is 17.1 Å². The third kappa shape index (κ3) is 6.00. The number of anilines is 1. The number of nitrogens with one attached hydrogen (secondary N) is 1. The van der Waals surface area contributed by atoms with E-state index in [1.165, 1.54) is 29.5 Å². The quantitative estimate of drug-likeness (QED) is 0.157. The van der Waals surface area contributed by atoms with Gasteiger partial charge in [-0.15, -0.1) is 11.3 Å². The first-order valence-electron chi connectivity index (χ1n) is 12.0. The van der Waals surface area contributed by atoms with Gasteiger partial charge in [-0.2, -0.15) is 10.5 Å². The van der Waals surface area contributed by atoms with Gasteiger partial charge in [-0.1, -0.05) is 6.07 Å². The van der Waals surface area contributed by atoms with E-state index in [4.69, 9.17) is 9.47 Å². The Labute approximate surface area is 223 Å². The minimum atomic E-state index is -0.584. The molecule has 3 aromatic rings. The molecule has 38 heavy (non-hydrogen) atoms. The molecule has 0 atom stereocenters. The normalized spacial score (nSPS) is 12.6. The fourth-order valence-electron chi connectivity index (χ4n) is 4.13. The topological polar surface area (TPSA) is 138 Å². The second-order valence-corrected chi connectivity index (χ2v) is 9.61. The van der Waals surface area contributed by atoms with E-state index in [1.807, 2.05) is 13.0 Å². The van der Waals surface area contributed by atoms with Crippen LogP contribution in [0.4, 0.5) is 10.7 Å². The minimum absolute atomic E-state index is 0.000227. The number of thiophene rings is 1. The first kappa shape index (κ1) is 26.4. The van der Waals surface area contributed by atoms with Crippen molar-refractivity contribution >= 4 is 34.0 Å². The lowest BCUT2D eigenvalue weighted by molar-refractivity contribution is -0.384. The van der Waals surface area contributed by atoms with Crippen molar-refractivity contribution in [3.05, 3.63) is 85.3 Å². The highest BCUT2D eigenvalue weighted by molar-refractivity contribution is 7.16. The van der Waals surface area contributed by atoms with Crippen molar-refractivity contribution in [2.75, 3.05) is 11.9 Å². The van der Waals surface area contributed by atoms with Gasteiger partial charge in [-0.25, -0.2) is 0 Å². The summed E-state index contributed by atoms with van der Waals surface area (Å²) in [5, 5.41) is 33.4. The first-order chi connectivity index (χ1) is 18.4. The molecule has 0 bridgehead atoms. The molecule has 1 heterocycles. The third-order valence-corrected chi connectivity index (χ3v) is 7.20. The molecule has 0 radical (unpaired) electrons. The third-order valence-electron chi connectivity index (χ3n) is 6.00. The largest absolute Gasteiger partial charge is 0.490 e. The van der Waals surface area contributed by atoms with Crippen molar-refractivity contribution in [3.8, 4) is 23.6 Å². The highest BCUT2D eigenvalue weighted by atomic mass is 32.1. The lowest BCUT2D eigenvalue weighted by atomic mass is 9.96. The average molecular weight is 529 g/mol. The van der Waals surface area contributed by atoms with Crippen molar-refractivity contribution in [1.29, 1.82) is 10.5 Å². The van der Waals surface area contributed by atoms with Crippen LogP contribution in [0.1, 0.15) is 46.9 Å². The van der Waals surface area contributed by atoms with Crippen LogP contribution in [0.2, 0.25) is 0 Å². The molecule has 1 aromatic heterocycles. The molecule has 0 spiro atoms. The SMILES string of the molecule is CCOc1cc(C=C(C#N)C(=O)Nc2sc3c(c2C#N)CCCC3)ccc1OCc1ccc([N+](=O)[O-])cc1. The zero-order chi connectivity index (χ0) is 27.1. The van der Waals surface area contributed by atoms with E-state index in [9.17, 15) is 25.4 Å². The number of fused-ring (bicyclic) bond motifs is 1. The van der Waals surface area contributed by atoms with Crippen molar-refractivity contribution in [2.24, 2.45) is 0 Å². The van der Waals surface area contributed by atoms with Crippen molar-refractivity contribution in [1.82, 2.24) is 0 Å². The van der Waals surface area contributed by atoms with E-state index in [0.29, 0.717) is 34.2 Å². The summed E-state index contributed by atoms with van der Waals surface area (Å²) < 4.78 is 11.6. The number of nitrogens with zero attached hydrogens (tertiary/aromatic N) is 3. The number of rotatable bonds is 9. The molecule has 0 saturated heterocycles. The number of amides is 1. The monoisotopic (exact) mass is 528 g/mol. The van der Waals surface area contributed by atoms with E-state index in [0.717, 1.165) is 41.7 Å². The molecule has 1 amide bonds. The van der Waals surface area contributed by atoms with Gasteiger partial charge in [0.1, 0.15) is 29.3 Å². The molecule has 1 aliphatic carbocycles. The number of nitriles is 2. The number of carbonyl (C=O) groups is 1. The predicted octanol–water partition coefficient (Wildman–Crippen LogP) is 5.93. The summed E-state index contributed by atoms with van der Waals surface area (Å²) in [7, 11) is 0. The Balaban J connectivity index is 1.51. The Bertz CT molecular complexity index is 1480. The van der Waals surface area contributed by atoms with Crippen LogP contribution in [0.5, 0.6) is 11.5 Å². The molecule has 1 N–H and O–H groups in total.